The lowest BCUT2D eigenvalue weighted by Crippen LogP contribution is -2.42. The first-order valence-corrected chi connectivity index (χ1v) is 9.27. The standard InChI is InChI=1S/C17H37N5O.HI/c1-5-18-17(20-15-16(4)22(6-2)7-3)19-9-8-10-21-11-13-23-14-12-21;/h16H,5-15H2,1-4H3,(H2,18,19,20);1H. The van der Waals surface area contributed by atoms with Gasteiger partial charge in [-0.3, -0.25) is 14.8 Å². The Labute approximate surface area is 165 Å². The van der Waals surface area contributed by atoms with E-state index in [0.29, 0.717) is 6.04 Å². The van der Waals surface area contributed by atoms with E-state index in [9.17, 15) is 0 Å². The molecule has 0 amide bonds. The Balaban J connectivity index is 0.00000529. The van der Waals surface area contributed by atoms with Crippen LogP contribution in [0.15, 0.2) is 4.99 Å². The van der Waals surface area contributed by atoms with Gasteiger partial charge in [0, 0.05) is 32.2 Å². The number of hydrogen-bond donors (Lipinski definition) is 2. The maximum Gasteiger partial charge on any atom is 0.191 e. The van der Waals surface area contributed by atoms with Crippen molar-refractivity contribution < 1.29 is 4.74 Å². The SMILES string of the molecule is CCNC(=NCC(C)N(CC)CC)NCCCN1CCOCC1.I. The Kier molecular flexibility index (Phi) is 15.1. The predicted octanol–water partition coefficient (Wildman–Crippen LogP) is 1.61. The van der Waals surface area contributed by atoms with Gasteiger partial charge in [-0.15, -0.1) is 24.0 Å². The number of aliphatic imine (C=N–C) groups is 1. The van der Waals surface area contributed by atoms with E-state index < -0.39 is 0 Å². The Morgan fingerprint density at radius 3 is 2.42 bits per heavy atom. The van der Waals surface area contributed by atoms with Crippen molar-refractivity contribution in [1.82, 2.24) is 20.4 Å². The number of morpholine rings is 1. The van der Waals surface area contributed by atoms with Gasteiger partial charge in [0.05, 0.1) is 19.8 Å². The van der Waals surface area contributed by atoms with Crippen molar-refractivity contribution in [2.45, 2.75) is 40.2 Å². The molecule has 7 heteroatoms. The van der Waals surface area contributed by atoms with Gasteiger partial charge < -0.3 is 15.4 Å². The fourth-order valence-electron chi connectivity index (χ4n) is 2.86. The first-order valence-electron chi connectivity index (χ1n) is 9.27. The lowest BCUT2D eigenvalue weighted by molar-refractivity contribution is 0.0376. The highest BCUT2D eigenvalue weighted by Gasteiger charge is 2.10. The Hall–Kier alpha value is -0.120. The molecule has 2 N–H and O–H groups in total. The maximum atomic E-state index is 5.38. The van der Waals surface area contributed by atoms with Crippen molar-refractivity contribution in [3.05, 3.63) is 0 Å². The third kappa shape index (κ3) is 10.0. The van der Waals surface area contributed by atoms with Crippen LogP contribution in [-0.2, 0) is 4.74 Å². The molecule has 1 unspecified atom stereocenters. The molecular weight excluding hydrogens is 417 g/mol. The summed E-state index contributed by atoms with van der Waals surface area (Å²) in [5.74, 6) is 0.938. The first-order chi connectivity index (χ1) is 11.2. The monoisotopic (exact) mass is 455 g/mol. The summed E-state index contributed by atoms with van der Waals surface area (Å²) in [7, 11) is 0. The number of nitrogens with zero attached hydrogens (tertiary/aromatic N) is 3. The molecule has 0 spiro atoms. The fraction of sp³-hybridized carbons (Fsp3) is 0.941. The van der Waals surface area contributed by atoms with Crippen molar-refractivity contribution in [2.75, 3.05) is 65.6 Å². The Morgan fingerprint density at radius 2 is 1.83 bits per heavy atom. The predicted molar refractivity (Wildman–Crippen MR) is 114 cm³/mol. The second-order valence-electron chi connectivity index (χ2n) is 6.02. The van der Waals surface area contributed by atoms with Gasteiger partial charge in [0.15, 0.2) is 5.96 Å². The average molecular weight is 455 g/mol. The normalized spacial score (nSPS) is 17.5. The van der Waals surface area contributed by atoms with E-state index in [1.807, 2.05) is 0 Å². The average Bonchev–Trinajstić information content (AvgIpc) is 2.58. The molecule has 1 aliphatic rings. The van der Waals surface area contributed by atoms with Gasteiger partial charge in [-0.2, -0.15) is 0 Å². The van der Waals surface area contributed by atoms with Crippen molar-refractivity contribution in [3.63, 3.8) is 0 Å². The quantitative estimate of drug-likeness (QED) is 0.227. The molecule has 1 aliphatic heterocycles. The molecule has 0 aliphatic carbocycles. The largest absolute Gasteiger partial charge is 0.379 e. The number of guanidine groups is 1. The van der Waals surface area contributed by atoms with Crippen molar-refractivity contribution in [2.24, 2.45) is 4.99 Å². The molecule has 1 saturated heterocycles. The molecule has 0 aromatic heterocycles. The molecule has 1 fully saturated rings. The minimum absolute atomic E-state index is 0. The summed E-state index contributed by atoms with van der Waals surface area (Å²) in [6.45, 7) is 18.6. The van der Waals surface area contributed by atoms with Gasteiger partial charge in [0.2, 0.25) is 0 Å². The van der Waals surface area contributed by atoms with E-state index in [-0.39, 0.29) is 24.0 Å². The summed E-state index contributed by atoms with van der Waals surface area (Å²) < 4.78 is 5.38. The molecule has 6 nitrogen and oxygen atoms in total. The highest BCUT2D eigenvalue weighted by Crippen LogP contribution is 1.99. The highest BCUT2D eigenvalue weighted by atomic mass is 127. The molecule has 144 valence electrons. The maximum absolute atomic E-state index is 5.38. The van der Waals surface area contributed by atoms with E-state index in [1.54, 1.807) is 0 Å². The number of rotatable bonds is 10. The zero-order chi connectivity index (χ0) is 16.9. The minimum atomic E-state index is 0. The number of likely N-dealkylation sites (N-methyl/N-ethyl adjacent to an activating group) is 1. The second kappa shape index (κ2) is 15.2. The number of nitrogens with one attached hydrogen (secondary N) is 2. The van der Waals surface area contributed by atoms with Crippen LogP contribution in [0.2, 0.25) is 0 Å². The summed E-state index contributed by atoms with van der Waals surface area (Å²) in [6, 6.07) is 0.480. The highest BCUT2D eigenvalue weighted by molar-refractivity contribution is 14.0. The Morgan fingerprint density at radius 1 is 1.17 bits per heavy atom. The molecule has 0 radical (unpaired) electrons. The molecule has 1 atom stereocenters. The minimum Gasteiger partial charge on any atom is -0.379 e. The van der Waals surface area contributed by atoms with Crippen molar-refractivity contribution in [1.29, 1.82) is 0 Å². The summed E-state index contributed by atoms with van der Waals surface area (Å²) in [6.07, 6.45) is 1.13. The zero-order valence-electron chi connectivity index (χ0n) is 16.0. The molecule has 0 aromatic rings. The van der Waals surface area contributed by atoms with Gasteiger partial charge >= 0.3 is 0 Å². The van der Waals surface area contributed by atoms with E-state index in [1.165, 1.54) is 0 Å². The summed E-state index contributed by atoms with van der Waals surface area (Å²) in [4.78, 5) is 9.64. The van der Waals surface area contributed by atoms with Gasteiger partial charge in [-0.25, -0.2) is 0 Å². The van der Waals surface area contributed by atoms with Crippen LogP contribution in [0, 0.1) is 0 Å². The van der Waals surface area contributed by atoms with Crippen molar-refractivity contribution >= 4 is 29.9 Å². The molecular formula is C17H38IN5O. The molecule has 1 heterocycles. The van der Waals surface area contributed by atoms with Gasteiger partial charge in [-0.1, -0.05) is 13.8 Å². The van der Waals surface area contributed by atoms with E-state index in [4.69, 9.17) is 9.73 Å². The van der Waals surface area contributed by atoms with Gasteiger partial charge in [-0.05, 0) is 39.9 Å². The van der Waals surface area contributed by atoms with Crippen LogP contribution in [0.3, 0.4) is 0 Å². The van der Waals surface area contributed by atoms with Crippen LogP contribution in [-0.4, -0.2) is 87.4 Å². The number of halogens is 1. The van der Waals surface area contributed by atoms with Gasteiger partial charge in [0.1, 0.15) is 0 Å². The van der Waals surface area contributed by atoms with Crippen LogP contribution in [0.1, 0.15) is 34.1 Å². The second-order valence-corrected chi connectivity index (χ2v) is 6.02. The van der Waals surface area contributed by atoms with E-state index in [0.717, 1.165) is 78.0 Å². The molecule has 1 rings (SSSR count). The van der Waals surface area contributed by atoms with Crippen molar-refractivity contribution in [3.8, 4) is 0 Å². The Bertz CT molecular complexity index is 320. The number of ether oxygens (including phenoxy) is 1. The smallest absolute Gasteiger partial charge is 0.191 e. The third-order valence-corrected chi connectivity index (χ3v) is 4.34. The van der Waals surface area contributed by atoms with Crippen LogP contribution in [0.5, 0.6) is 0 Å². The zero-order valence-corrected chi connectivity index (χ0v) is 18.3. The van der Waals surface area contributed by atoms with E-state index >= 15 is 0 Å². The summed E-state index contributed by atoms with van der Waals surface area (Å²) in [5.41, 5.74) is 0. The number of hydrogen-bond acceptors (Lipinski definition) is 4. The fourth-order valence-corrected chi connectivity index (χ4v) is 2.86. The van der Waals surface area contributed by atoms with Crippen LogP contribution in [0.4, 0.5) is 0 Å². The molecule has 24 heavy (non-hydrogen) atoms. The molecule has 0 saturated carbocycles. The van der Waals surface area contributed by atoms with E-state index in [2.05, 4.69) is 48.1 Å². The lowest BCUT2D eigenvalue weighted by atomic mass is 10.3. The van der Waals surface area contributed by atoms with Crippen LogP contribution >= 0.6 is 24.0 Å². The van der Waals surface area contributed by atoms with Crippen LogP contribution < -0.4 is 10.6 Å². The summed E-state index contributed by atoms with van der Waals surface area (Å²) in [5, 5.41) is 6.79. The molecule has 0 bridgehead atoms. The third-order valence-electron chi connectivity index (χ3n) is 4.34. The van der Waals surface area contributed by atoms with Gasteiger partial charge in [0.25, 0.3) is 0 Å². The van der Waals surface area contributed by atoms with Crippen LogP contribution in [0.25, 0.3) is 0 Å². The topological polar surface area (TPSA) is 52.1 Å². The first kappa shape index (κ1) is 23.9. The molecule has 0 aromatic carbocycles. The summed E-state index contributed by atoms with van der Waals surface area (Å²) >= 11 is 0. The lowest BCUT2D eigenvalue weighted by Gasteiger charge is -2.26.